The van der Waals surface area contributed by atoms with E-state index in [1.54, 1.807) is 9.80 Å². The summed E-state index contributed by atoms with van der Waals surface area (Å²) in [7, 11) is 0. The molecule has 332 valence electrons. The molecule has 0 bridgehead atoms. The normalized spacial score (nSPS) is 18.7. The van der Waals surface area contributed by atoms with Gasteiger partial charge in [0.1, 0.15) is 17.9 Å². The van der Waals surface area contributed by atoms with Crippen LogP contribution in [0.2, 0.25) is 0 Å². The van der Waals surface area contributed by atoms with Crippen molar-refractivity contribution in [1.82, 2.24) is 25.2 Å². The van der Waals surface area contributed by atoms with E-state index in [0.29, 0.717) is 56.1 Å². The van der Waals surface area contributed by atoms with Gasteiger partial charge in [0.25, 0.3) is 0 Å². The SMILES string of the molecule is Cc1cc(N2CCN(CC3CCN(c4ccc(Nc5ncc6c(n5)CN(c5cnc7c(c5C)N(C(=O)OC(C)(C)C)CCO7)CC6)cc4)CC3)CC2)ccc1N1CCC(=O)NC1=O. The van der Waals surface area contributed by atoms with Crippen LogP contribution in [0.1, 0.15) is 62.4 Å². The Bertz CT molecular complexity index is 2350. The van der Waals surface area contributed by atoms with E-state index in [0.717, 1.165) is 98.2 Å². The van der Waals surface area contributed by atoms with Crippen LogP contribution < -0.4 is 39.9 Å². The van der Waals surface area contributed by atoms with Crippen molar-refractivity contribution in [3.8, 4) is 5.88 Å². The molecule has 5 aliphatic heterocycles. The molecule has 2 aromatic heterocycles. The average Bonchev–Trinajstić information content (AvgIpc) is 3.27. The Balaban J connectivity index is 0.750. The van der Waals surface area contributed by atoms with Crippen molar-refractivity contribution in [1.29, 1.82) is 0 Å². The van der Waals surface area contributed by atoms with Crippen LogP contribution in [-0.4, -0.2) is 116 Å². The van der Waals surface area contributed by atoms with Gasteiger partial charge >= 0.3 is 12.1 Å². The van der Waals surface area contributed by atoms with Crippen molar-refractivity contribution < 1.29 is 23.9 Å². The zero-order valence-electron chi connectivity index (χ0n) is 37.2. The number of benzene rings is 2. The zero-order chi connectivity index (χ0) is 43.8. The minimum Gasteiger partial charge on any atom is -0.474 e. The Labute approximate surface area is 369 Å². The second-order valence-electron chi connectivity index (χ2n) is 18.4. The second kappa shape index (κ2) is 17.5. The molecule has 0 atom stereocenters. The van der Waals surface area contributed by atoms with E-state index in [1.165, 1.54) is 24.2 Å². The highest BCUT2D eigenvalue weighted by Crippen LogP contribution is 2.40. The van der Waals surface area contributed by atoms with E-state index in [1.807, 2.05) is 53.1 Å². The lowest BCUT2D eigenvalue weighted by atomic mass is 9.95. The van der Waals surface area contributed by atoms with Crippen molar-refractivity contribution in [2.45, 2.75) is 72.4 Å². The summed E-state index contributed by atoms with van der Waals surface area (Å²) in [6, 6.07) is 14.5. The topological polar surface area (TPSA) is 152 Å². The van der Waals surface area contributed by atoms with Gasteiger partial charge in [0, 0.05) is 99.8 Å². The molecule has 4 aromatic rings. The molecule has 2 aromatic carbocycles. The third-order valence-corrected chi connectivity index (χ3v) is 12.9. The van der Waals surface area contributed by atoms with Gasteiger partial charge in [0.05, 0.1) is 30.7 Å². The third-order valence-electron chi connectivity index (χ3n) is 12.9. The molecule has 9 rings (SSSR count). The molecule has 0 radical (unpaired) electrons. The molecule has 16 heteroatoms. The number of rotatable bonds is 8. The molecular weight excluding hydrogens is 799 g/mol. The minimum absolute atomic E-state index is 0.216. The number of fused-ring (bicyclic) bond motifs is 2. The largest absolute Gasteiger partial charge is 0.474 e. The fourth-order valence-corrected chi connectivity index (χ4v) is 9.46. The fraction of sp³-hybridized carbons (Fsp3) is 0.489. The molecule has 4 amide bonds. The minimum atomic E-state index is -0.614. The van der Waals surface area contributed by atoms with Crippen LogP contribution >= 0.6 is 0 Å². The van der Waals surface area contributed by atoms with E-state index < -0.39 is 11.7 Å². The van der Waals surface area contributed by atoms with E-state index in [-0.39, 0.29) is 11.9 Å². The molecule has 0 saturated carbocycles. The number of nitrogens with one attached hydrogen (secondary N) is 2. The van der Waals surface area contributed by atoms with Crippen LogP contribution in [0.5, 0.6) is 5.88 Å². The highest BCUT2D eigenvalue weighted by atomic mass is 16.6. The highest BCUT2D eigenvalue weighted by molar-refractivity contribution is 6.06. The number of hydrogen-bond acceptors (Lipinski definition) is 13. The Morgan fingerprint density at radius 2 is 1.59 bits per heavy atom. The second-order valence-corrected chi connectivity index (χ2v) is 18.4. The number of aryl methyl sites for hydroxylation is 1. The lowest BCUT2D eigenvalue weighted by molar-refractivity contribution is -0.120. The summed E-state index contributed by atoms with van der Waals surface area (Å²) in [6.07, 6.45) is 6.83. The van der Waals surface area contributed by atoms with Crippen molar-refractivity contribution in [2.75, 3.05) is 102 Å². The molecule has 63 heavy (non-hydrogen) atoms. The zero-order valence-corrected chi connectivity index (χ0v) is 37.2. The molecule has 2 N–H and O–H groups in total. The Hall–Kier alpha value is -6.16. The number of urea groups is 1. The lowest BCUT2D eigenvalue weighted by Gasteiger charge is -2.40. The van der Waals surface area contributed by atoms with Crippen molar-refractivity contribution in [2.24, 2.45) is 5.92 Å². The molecular formula is C47H59N11O5. The standard InChI is InChI=1S/C47H59N11O5/c1-31-26-37(10-11-39(31)57-19-15-41(59)52-45(57)60)55-22-20-53(21-23-55)29-33-12-16-54(17-13-33)36-8-6-35(7-9-36)50-44-49-27-34-14-18-56(30-38(34)51-44)40-28-48-43-42(32(40)2)58(24-25-62-43)46(61)63-47(3,4)5/h6-11,26-28,33H,12-25,29-30H2,1-5H3,(H,49,50,51)(H,52,59,60). The Kier molecular flexibility index (Phi) is 11.7. The van der Waals surface area contributed by atoms with Crippen molar-refractivity contribution in [3.63, 3.8) is 0 Å². The molecule has 16 nitrogen and oxygen atoms in total. The van der Waals surface area contributed by atoms with Gasteiger partial charge in [-0.2, -0.15) is 0 Å². The number of hydrogen-bond donors (Lipinski definition) is 2. The number of piperidine rings is 1. The predicted molar refractivity (Wildman–Crippen MR) is 245 cm³/mol. The summed E-state index contributed by atoms with van der Waals surface area (Å²) in [5.41, 5.74) is 9.25. The van der Waals surface area contributed by atoms with E-state index >= 15 is 0 Å². The maximum Gasteiger partial charge on any atom is 0.415 e. The van der Waals surface area contributed by atoms with Gasteiger partial charge in [-0.05, 0) is 113 Å². The number of piperazine rings is 1. The van der Waals surface area contributed by atoms with Crippen LogP contribution in [0.4, 0.5) is 49.7 Å². The predicted octanol–water partition coefficient (Wildman–Crippen LogP) is 6.41. The monoisotopic (exact) mass is 857 g/mol. The fourth-order valence-electron chi connectivity index (χ4n) is 9.46. The molecule has 0 aliphatic carbocycles. The number of anilines is 7. The van der Waals surface area contributed by atoms with Gasteiger partial charge in [-0.25, -0.2) is 24.5 Å². The van der Waals surface area contributed by atoms with Crippen molar-refractivity contribution >= 4 is 58.1 Å². The van der Waals surface area contributed by atoms with Crippen LogP contribution in [0.15, 0.2) is 54.9 Å². The molecule has 0 unspecified atom stereocenters. The number of imide groups is 1. The van der Waals surface area contributed by atoms with Gasteiger partial charge in [0.2, 0.25) is 17.7 Å². The summed E-state index contributed by atoms with van der Waals surface area (Å²) in [5, 5.41) is 5.86. The van der Waals surface area contributed by atoms with Gasteiger partial charge in [-0.1, -0.05) is 0 Å². The first-order valence-electron chi connectivity index (χ1n) is 22.4. The van der Waals surface area contributed by atoms with Gasteiger partial charge in [0.15, 0.2) is 0 Å². The van der Waals surface area contributed by atoms with Crippen LogP contribution in [-0.2, 0) is 22.5 Å². The Morgan fingerprint density at radius 1 is 0.841 bits per heavy atom. The molecule has 7 heterocycles. The van der Waals surface area contributed by atoms with Gasteiger partial charge in [-0.15, -0.1) is 0 Å². The number of carbonyl (C=O) groups is 3. The maximum absolute atomic E-state index is 13.2. The number of carbonyl (C=O) groups excluding carboxylic acids is 3. The maximum atomic E-state index is 13.2. The average molecular weight is 858 g/mol. The summed E-state index contributed by atoms with van der Waals surface area (Å²) < 4.78 is 11.6. The van der Waals surface area contributed by atoms with Crippen LogP contribution in [0.25, 0.3) is 0 Å². The number of nitrogens with zero attached hydrogens (tertiary/aromatic N) is 9. The Morgan fingerprint density at radius 3 is 2.32 bits per heavy atom. The van der Waals surface area contributed by atoms with E-state index in [9.17, 15) is 14.4 Å². The van der Waals surface area contributed by atoms with Crippen molar-refractivity contribution in [3.05, 3.63) is 77.2 Å². The highest BCUT2D eigenvalue weighted by Gasteiger charge is 2.33. The van der Waals surface area contributed by atoms with E-state index in [2.05, 4.69) is 76.6 Å². The first kappa shape index (κ1) is 42.2. The van der Waals surface area contributed by atoms with Gasteiger partial charge in [-0.3, -0.25) is 24.8 Å². The molecule has 3 saturated heterocycles. The third kappa shape index (κ3) is 9.31. The van der Waals surface area contributed by atoms with Gasteiger partial charge < -0.3 is 29.5 Å². The quantitative estimate of drug-likeness (QED) is 0.201. The summed E-state index contributed by atoms with van der Waals surface area (Å²) in [5.74, 6) is 1.47. The molecule has 5 aliphatic rings. The summed E-state index contributed by atoms with van der Waals surface area (Å²) in [6.45, 7) is 19.4. The number of aromatic nitrogens is 3. The molecule has 3 fully saturated rings. The number of ether oxygens (including phenoxy) is 2. The number of pyridine rings is 1. The molecule has 0 spiro atoms. The van der Waals surface area contributed by atoms with Crippen LogP contribution in [0, 0.1) is 19.8 Å². The summed E-state index contributed by atoms with van der Waals surface area (Å²) in [4.78, 5) is 64.6. The smallest absolute Gasteiger partial charge is 0.415 e. The lowest BCUT2D eigenvalue weighted by Crippen LogP contribution is -2.50. The number of amides is 4. The first-order chi connectivity index (χ1) is 30.3. The van der Waals surface area contributed by atoms with Crippen LogP contribution in [0.3, 0.4) is 0 Å². The summed E-state index contributed by atoms with van der Waals surface area (Å²) >= 11 is 0. The van der Waals surface area contributed by atoms with E-state index in [4.69, 9.17) is 14.5 Å². The first-order valence-corrected chi connectivity index (χ1v) is 22.4.